The number of piperidine rings is 1. The molecule has 3 heteroatoms. The van der Waals surface area contributed by atoms with E-state index in [2.05, 4.69) is 23.8 Å². The van der Waals surface area contributed by atoms with Crippen molar-refractivity contribution in [1.82, 2.24) is 4.90 Å². The zero-order chi connectivity index (χ0) is 14.2. The molecule has 0 radical (unpaired) electrons. The average Bonchev–Trinajstić information content (AvgIpc) is 2.48. The Hall–Kier alpha value is -1.50. The first-order chi connectivity index (χ1) is 9.79. The van der Waals surface area contributed by atoms with Crippen LogP contribution in [0.1, 0.15) is 31.2 Å². The molecule has 0 aromatic heterocycles. The van der Waals surface area contributed by atoms with Crippen molar-refractivity contribution in [2.45, 2.75) is 31.7 Å². The van der Waals surface area contributed by atoms with Crippen LogP contribution in [0.25, 0.3) is 0 Å². The Bertz CT molecular complexity index is 475. The molecule has 3 nitrogen and oxygen atoms in total. The van der Waals surface area contributed by atoms with E-state index in [-0.39, 0.29) is 0 Å². The highest BCUT2D eigenvalue weighted by Gasteiger charge is 2.18. The number of hydrogen-bond acceptors (Lipinski definition) is 3. The fraction of sp³-hybridized carbons (Fsp3) is 0.529. The highest BCUT2D eigenvalue weighted by molar-refractivity contribution is 5.39. The van der Waals surface area contributed by atoms with Crippen molar-refractivity contribution in [1.29, 1.82) is 0 Å². The third-order valence-corrected chi connectivity index (χ3v) is 3.81. The minimum Gasteiger partial charge on any atom is -0.493 e. The smallest absolute Gasteiger partial charge is 0.120 e. The summed E-state index contributed by atoms with van der Waals surface area (Å²) in [5.41, 5.74) is 6.34. The second kappa shape index (κ2) is 7.94. The zero-order valence-corrected chi connectivity index (χ0v) is 12.3. The van der Waals surface area contributed by atoms with Gasteiger partial charge in [0, 0.05) is 11.6 Å². The molecule has 108 valence electrons. The van der Waals surface area contributed by atoms with E-state index in [0.717, 1.165) is 24.3 Å². The third-order valence-electron chi connectivity index (χ3n) is 3.81. The quantitative estimate of drug-likeness (QED) is 0.854. The molecule has 1 atom stereocenters. The summed E-state index contributed by atoms with van der Waals surface area (Å²) < 4.78 is 5.85. The van der Waals surface area contributed by atoms with Crippen LogP contribution in [0.2, 0.25) is 0 Å². The fourth-order valence-corrected chi connectivity index (χ4v) is 2.64. The summed E-state index contributed by atoms with van der Waals surface area (Å²) in [7, 11) is 2.22. The van der Waals surface area contributed by atoms with Crippen molar-refractivity contribution in [2.24, 2.45) is 5.73 Å². The van der Waals surface area contributed by atoms with Crippen molar-refractivity contribution in [3.05, 3.63) is 29.8 Å². The Morgan fingerprint density at radius 2 is 2.30 bits per heavy atom. The first-order valence-electron chi connectivity index (χ1n) is 7.41. The number of likely N-dealkylation sites (tertiary alicyclic amines) is 1. The topological polar surface area (TPSA) is 38.5 Å². The van der Waals surface area contributed by atoms with Crippen LogP contribution in [0.4, 0.5) is 0 Å². The van der Waals surface area contributed by atoms with E-state index in [9.17, 15) is 0 Å². The summed E-state index contributed by atoms with van der Waals surface area (Å²) in [5, 5.41) is 0. The Morgan fingerprint density at radius 1 is 1.40 bits per heavy atom. The summed E-state index contributed by atoms with van der Waals surface area (Å²) in [6.45, 7) is 2.37. The molecule has 1 aliphatic heterocycles. The maximum absolute atomic E-state index is 5.85. The van der Waals surface area contributed by atoms with Crippen molar-refractivity contribution in [2.75, 3.05) is 26.7 Å². The monoisotopic (exact) mass is 272 g/mol. The molecule has 1 saturated heterocycles. The summed E-state index contributed by atoms with van der Waals surface area (Å²) in [4.78, 5) is 2.45. The Balaban J connectivity index is 1.81. The number of rotatable bonds is 4. The van der Waals surface area contributed by atoms with Gasteiger partial charge in [-0.1, -0.05) is 24.3 Å². The molecule has 1 aromatic rings. The lowest BCUT2D eigenvalue weighted by atomic mass is 10.0. The largest absolute Gasteiger partial charge is 0.493 e. The van der Waals surface area contributed by atoms with E-state index in [1.807, 2.05) is 24.3 Å². The molecular formula is C17H24N2O. The lowest BCUT2D eigenvalue weighted by molar-refractivity contribution is 0.153. The molecule has 1 heterocycles. The van der Waals surface area contributed by atoms with Crippen LogP contribution in [0, 0.1) is 11.8 Å². The van der Waals surface area contributed by atoms with E-state index < -0.39 is 0 Å². The van der Waals surface area contributed by atoms with Gasteiger partial charge in [-0.2, -0.15) is 0 Å². The Kier molecular flexibility index (Phi) is 5.91. The van der Waals surface area contributed by atoms with Gasteiger partial charge in [-0.15, -0.1) is 0 Å². The molecule has 1 unspecified atom stereocenters. The number of hydrogen-bond donors (Lipinski definition) is 1. The van der Waals surface area contributed by atoms with Gasteiger partial charge < -0.3 is 15.4 Å². The molecule has 1 aromatic carbocycles. The molecule has 0 aliphatic carbocycles. The highest BCUT2D eigenvalue weighted by Crippen LogP contribution is 2.19. The van der Waals surface area contributed by atoms with Crippen molar-refractivity contribution in [3.63, 3.8) is 0 Å². The molecule has 2 N–H and O–H groups in total. The lowest BCUT2D eigenvalue weighted by Gasteiger charge is -2.32. The van der Waals surface area contributed by atoms with Crippen molar-refractivity contribution >= 4 is 0 Å². The van der Waals surface area contributed by atoms with E-state index in [0.29, 0.717) is 12.6 Å². The van der Waals surface area contributed by atoms with Crippen LogP contribution in [0.5, 0.6) is 5.75 Å². The van der Waals surface area contributed by atoms with Crippen molar-refractivity contribution in [3.8, 4) is 17.6 Å². The summed E-state index contributed by atoms with van der Waals surface area (Å²) in [5.74, 6) is 6.78. The standard InChI is InChI=1S/C17H24N2O/c1-19-12-3-2-8-16(19)10-13-20-17-9-4-6-15(14-17)7-5-11-18/h4,6,9,14,16H,2-3,8,10-13,18H2,1H3. The van der Waals surface area contributed by atoms with Gasteiger partial charge >= 0.3 is 0 Å². The van der Waals surface area contributed by atoms with Crippen LogP contribution in [-0.2, 0) is 0 Å². The van der Waals surface area contributed by atoms with Crippen LogP contribution < -0.4 is 10.5 Å². The maximum Gasteiger partial charge on any atom is 0.120 e. The first-order valence-corrected chi connectivity index (χ1v) is 7.41. The van der Waals surface area contributed by atoms with Crippen LogP contribution >= 0.6 is 0 Å². The van der Waals surface area contributed by atoms with Gasteiger partial charge in [0.25, 0.3) is 0 Å². The molecule has 1 aliphatic rings. The van der Waals surface area contributed by atoms with E-state index in [1.54, 1.807) is 0 Å². The summed E-state index contributed by atoms with van der Waals surface area (Å²) in [6, 6.07) is 8.59. The molecule has 1 fully saturated rings. The second-order valence-corrected chi connectivity index (χ2v) is 5.30. The van der Waals surface area contributed by atoms with Gasteiger partial charge in [0.05, 0.1) is 13.2 Å². The molecule has 0 saturated carbocycles. The van der Waals surface area contributed by atoms with Gasteiger partial charge in [0.1, 0.15) is 5.75 Å². The van der Waals surface area contributed by atoms with Gasteiger partial charge in [-0.3, -0.25) is 0 Å². The number of ether oxygens (including phenoxy) is 1. The second-order valence-electron chi connectivity index (χ2n) is 5.30. The summed E-state index contributed by atoms with van der Waals surface area (Å²) in [6.07, 6.45) is 5.06. The molecule has 0 bridgehead atoms. The lowest BCUT2D eigenvalue weighted by Crippen LogP contribution is -2.37. The van der Waals surface area contributed by atoms with Crippen LogP contribution in [-0.4, -0.2) is 37.7 Å². The predicted molar refractivity (Wildman–Crippen MR) is 82.8 cm³/mol. The van der Waals surface area contributed by atoms with Crippen molar-refractivity contribution < 1.29 is 4.74 Å². The molecule has 0 spiro atoms. The Morgan fingerprint density at radius 3 is 3.10 bits per heavy atom. The van der Waals surface area contributed by atoms with Crippen LogP contribution in [0.15, 0.2) is 24.3 Å². The van der Waals surface area contributed by atoms with Gasteiger partial charge in [0.2, 0.25) is 0 Å². The first kappa shape index (κ1) is 14.9. The number of nitrogens with two attached hydrogens (primary N) is 1. The SMILES string of the molecule is CN1CCCCC1CCOc1cccc(C#CCN)c1. The predicted octanol–water partition coefficient (Wildman–Crippen LogP) is 2.25. The minimum atomic E-state index is 0.388. The van der Waals surface area contributed by atoms with E-state index in [4.69, 9.17) is 10.5 Å². The van der Waals surface area contributed by atoms with Gasteiger partial charge in [0.15, 0.2) is 0 Å². The summed E-state index contributed by atoms with van der Waals surface area (Å²) >= 11 is 0. The minimum absolute atomic E-state index is 0.388. The van der Waals surface area contributed by atoms with Crippen LogP contribution in [0.3, 0.4) is 0 Å². The zero-order valence-electron chi connectivity index (χ0n) is 12.3. The maximum atomic E-state index is 5.85. The molecule has 20 heavy (non-hydrogen) atoms. The average molecular weight is 272 g/mol. The highest BCUT2D eigenvalue weighted by atomic mass is 16.5. The number of nitrogens with zero attached hydrogens (tertiary/aromatic N) is 1. The normalized spacial score (nSPS) is 19.2. The molecular weight excluding hydrogens is 248 g/mol. The molecule has 2 rings (SSSR count). The fourth-order valence-electron chi connectivity index (χ4n) is 2.64. The number of benzene rings is 1. The van der Waals surface area contributed by atoms with E-state index in [1.165, 1.54) is 25.8 Å². The van der Waals surface area contributed by atoms with Gasteiger partial charge in [-0.25, -0.2) is 0 Å². The van der Waals surface area contributed by atoms with Gasteiger partial charge in [-0.05, 0) is 51.1 Å². The Labute approximate surface area is 122 Å². The van der Waals surface area contributed by atoms with E-state index >= 15 is 0 Å². The molecule has 0 amide bonds. The third kappa shape index (κ3) is 4.56.